The van der Waals surface area contributed by atoms with E-state index in [1.807, 2.05) is 0 Å². The first kappa shape index (κ1) is 7.73. The van der Waals surface area contributed by atoms with Crippen LogP contribution in [-0.4, -0.2) is 36.1 Å². The van der Waals surface area contributed by atoms with Crippen LogP contribution in [0.15, 0.2) is 10.2 Å². The molecule has 0 atom stereocenters. The Bertz CT molecular complexity index is 225. The average molecular weight is 166 g/mol. The third-order valence-electron chi connectivity index (χ3n) is 2.31. The Kier molecular flexibility index (Phi) is 2.08. The molecule has 12 heavy (non-hydrogen) atoms. The van der Waals surface area contributed by atoms with Crippen LogP contribution in [0, 0.1) is 0 Å². The second-order valence-corrected chi connectivity index (χ2v) is 3.42. The maximum absolute atomic E-state index is 5.52. The van der Waals surface area contributed by atoms with Gasteiger partial charge in [-0.05, 0) is 25.9 Å². The molecule has 2 rings (SSSR count). The van der Waals surface area contributed by atoms with Crippen molar-refractivity contribution in [3.05, 3.63) is 0 Å². The van der Waals surface area contributed by atoms with Crippen molar-refractivity contribution in [2.45, 2.75) is 19.3 Å². The topological polar surface area (TPSA) is 54.0 Å². The molecule has 66 valence electrons. The van der Waals surface area contributed by atoms with E-state index < -0.39 is 0 Å². The largest absolute Gasteiger partial charge is 0.385 e. The zero-order valence-electron chi connectivity index (χ0n) is 7.16. The lowest BCUT2D eigenvalue weighted by Gasteiger charge is -2.13. The lowest BCUT2D eigenvalue weighted by atomic mass is 10.2. The molecular formula is C8H14N4. The van der Waals surface area contributed by atoms with Gasteiger partial charge in [-0.25, -0.2) is 0 Å². The molecule has 2 aliphatic rings. The van der Waals surface area contributed by atoms with Crippen LogP contribution >= 0.6 is 0 Å². The van der Waals surface area contributed by atoms with E-state index >= 15 is 0 Å². The van der Waals surface area contributed by atoms with Gasteiger partial charge in [0.05, 0.1) is 5.71 Å². The molecule has 0 amide bonds. The van der Waals surface area contributed by atoms with Crippen LogP contribution in [-0.2, 0) is 0 Å². The normalized spacial score (nSPS) is 24.3. The highest BCUT2D eigenvalue weighted by Gasteiger charge is 2.16. The minimum absolute atomic E-state index is 0.657. The van der Waals surface area contributed by atoms with Gasteiger partial charge in [-0.15, -0.1) is 5.10 Å². The number of nitrogens with two attached hydrogens (primary N) is 1. The van der Waals surface area contributed by atoms with E-state index in [0.717, 1.165) is 18.7 Å². The van der Waals surface area contributed by atoms with E-state index in [0.29, 0.717) is 5.84 Å². The predicted molar refractivity (Wildman–Crippen MR) is 49.3 cm³/mol. The Morgan fingerprint density at radius 2 is 2.00 bits per heavy atom. The van der Waals surface area contributed by atoms with Crippen molar-refractivity contribution in [2.75, 3.05) is 19.6 Å². The number of hydrogen-bond acceptors (Lipinski definition) is 4. The number of rotatable bonds is 2. The third kappa shape index (κ3) is 1.64. The van der Waals surface area contributed by atoms with Gasteiger partial charge >= 0.3 is 0 Å². The van der Waals surface area contributed by atoms with Crippen molar-refractivity contribution in [1.82, 2.24) is 4.90 Å². The van der Waals surface area contributed by atoms with Gasteiger partial charge < -0.3 is 5.73 Å². The molecule has 2 heterocycles. The van der Waals surface area contributed by atoms with Crippen molar-refractivity contribution in [2.24, 2.45) is 15.9 Å². The van der Waals surface area contributed by atoms with Gasteiger partial charge in [0, 0.05) is 13.0 Å². The quantitative estimate of drug-likeness (QED) is 0.637. The molecule has 0 aromatic carbocycles. The fraction of sp³-hybridized carbons (Fsp3) is 0.750. The maximum atomic E-state index is 5.52. The summed E-state index contributed by atoms with van der Waals surface area (Å²) in [7, 11) is 0. The summed E-state index contributed by atoms with van der Waals surface area (Å²) in [5.41, 5.74) is 6.64. The molecule has 2 N–H and O–H groups in total. The smallest absolute Gasteiger partial charge is 0.128 e. The van der Waals surface area contributed by atoms with E-state index in [2.05, 4.69) is 15.1 Å². The Hall–Kier alpha value is -0.900. The van der Waals surface area contributed by atoms with Crippen LogP contribution in [0.4, 0.5) is 0 Å². The molecule has 4 heteroatoms. The van der Waals surface area contributed by atoms with E-state index in [9.17, 15) is 0 Å². The average Bonchev–Trinajstić information content (AvgIpc) is 2.63. The highest BCUT2D eigenvalue weighted by Crippen LogP contribution is 2.09. The highest BCUT2D eigenvalue weighted by atomic mass is 15.3. The summed E-state index contributed by atoms with van der Waals surface area (Å²) in [6, 6.07) is 0. The summed E-state index contributed by atoms with van der Waals surface area (Å²) in [5, 5.41) is 7.83. The standard InChI is InChI=1S/C8H14N4/c9-8-5-7(10-11-8)6-12-3-1-2-4-12/h1-6H2,(H2,9,11). The molecule has 0 saturated carbocycles. The fourth-order valence-corrected chi connectivity index (χ4v) is 1.70. The first-order chi connectivity index (χ1) is 5.84. The van der Waals surface area contributed by atoms with Gasteiger partial charge in [0.15, 0.2) is 0 Å². The number of hydrogen-bond donors (Lipinski definition) is 1. The first-order valence-corrected chi connectivity index (χ1v) is 4.45. The molecule has 0 aromatic rings. The Balaban J connectivity index is 1.81. The second-order valence-electron chi connectivity index (χ2n) is 3.42. The molecular weight excluding hydrogens is 152 g/mol. The van der Waals surface area contributed by atoms with Gasteiger partial charge in [0.1, 0.15) is 5.84 Å². The van der Waals surface area contributed by atoms with Crippen LogP contribution in [0.2, 0.25) is 0 Å². The second kappa shape index (κ2) is 3.23. The molecule has 0 aliphatic carbocycles. The Morgan fingerprint density at radius 1 is 1.25 bits per heavy atom. The minimum atomic E-state index is 0.657. The minimum Gasteiger partial charge on any atom is -0.385 e. The van der Waals surface area contributed by atoms with E-state index in [-0.39, 0.29) is 0 Å². The summed E-state index contributed by atoms with van der Waals surface area (Å²) in [4.78, 5) is 2.41. The predicted octanol–water partition coefficient (Wildman–Crippen LogP) is 0.199. The lowest BCUT2D eigenvalue weighted by molar-refractivity contribution is 0.387. The SMILES string of the molecule is NC1=NN=C(CN2CCCC2)C1. The molecule has 4 nitrogen and oxygen atoms in total. The number of amidine groups is 1. The van der Waals surface area contributed by atoms with Crippen LogP contribution in [0.25, 0.3) is 0 Å². The molecule has 0 radical (unpaired) electrons. The van der Waals surface area contributed by atoms with Crippen LogP contribution in [0.3, 0.4) is 0 Å². The van der Waals surface area contributed by atoms with Crippen molar-refractivity contribution in [1.29, 1.82) is 0 Å². The number of nitrogens with zero attached hydrogens (tertiary/aromatic N) is 3. The molecule has 0 bridgehead atoms. The monoisotopic (exact) mass is 166 g/mol. The van der Waals surface area contributed by atoms with Gasteiger partial charge in [0.25, 0.3) is 0 Å². The molecule has 1 fully saturated rings. The van der Waals surface area contributed by atoms with Crippen LogP contribution in [0.1, 0.15) is 19.3 Å². The molecule has 2 aliphatic heterocycles. The zero-order chi connectivity index (χ0) is 8.39. The highest BCUT2D eigenvalue weighted by molar-refractivity contribution is 6.06. The van der Waals surface area contributed by atoms with Gasteiger partial charge in [0.2, 0.25) is 0 Å². The van der Waals surface area contributed by atoms with Crippen molar-refractivity contribution < 1.29 is 0 Å². The van der Waals surface area contributed by atoms with Crippen molar-refractivity contribution in [3.63, 3.8) is 0 Å². The van der Waals surface area contributed by atoms with Gasteiger partial charge in [-0.2, -0.15) is 5.10 Å². The third-order valence-corrected chi connectivity index (χ3v) is 2.31. The summed E-state index contributed by atoms with van der Waals surface area (Å²) < 4.78 is 0. The zero-order valence-corrected chi connectivity index (χ0v) is 7.16. The summed E-state index contributed by atoms with van der Waals surface area (Å²) >= 11 is 0. The maximum Gasteiger partial charge on any atom is 0.128 e. The number of likely N-dealkylation sites (tertiary alicyclic amines) is 1. The van der Waals surface area contributed by atoms with Gasteiger partial charge in [-0.1, -0.05) is 0 Å². The van der Waals surface area contributed by atoms with Gasteiger partial charge in [-0.3, -0.25) is 4.90 Å². The fourth-order valence-electron chi connectivity index (χ4n) is 1.70. The van der Waals surface area contributed by atoms with Crippen LogP contribution in [0.5, 0.6) is 0 Å². The summed E-state index contributed by atoms with van der Waals surface area (Å²) in [6.45, 7) is 3.38. The summed E-state index contributed by atoms with van der Waals surface area (Å²) in [5.74, 6) is 0.657. The lowest BCUT2D eigenvalue weighted by Crippen LogP contribution is -2.27. The molecule has 1 saturated heterocycles. The Morgan fingerprint density at radius 3 is 2.58 bits per heavy atom. The molecule has 0 spiro atoms. The van der Waals surface area contributed by atoms with E-state index in [1.54, 1.807) is 0 Å². The van der Waals surface area contributed by atoms with E-state index in [1.165, 1.54) is 25.9 Å². The van der Waals surface area contributed by atoms with E-state index in [4.69, 9.17) is 5.73 Å². The van der Waals surface area contributed by atoms with Crippen molar-refractivity contribution in [3.8, 4) is 0 Å². The molecule has 0 unspecified atom stereocenters. The first-order valence-electron chi connectivity index (χ1n) is 4.45. The van der Waals surface area contributed by atoms with Crippen LogP contribution < -0.4 is 5.73 Å². The molecule has 0 aromatic heterocycles. The Labute approximate surface area is 72.1 Å². The summed E-state index contributed by atoms with van der Waals surface area (Å²) in [6.07, 6.45) is 3.42. The van der Waals surface area contributed by atoms with Crippen molar-refractivity contribution >= 4 is 11.5 Å².